The second-order valence-corrected chi connectivity index (χ2v) is 5.66. The maximum Gasteiger partial charge on any atom is 0.153 e. The number of aldehydes is 1. The Hall–Kier alpha value is -1.91. The summed E-state index contributed by atoms with van der Waals surface area (Å²) in [5, 5.41) is 1.28. The molecular formula is C15H10ClNO2S. The Kier molecular flexibility index (Phi) is 3.67. The minimum absolute atomic E-state index is 0.296. The molecule has 1 aromatic heterocycles. The van der Waals surface area contributed by atoms with Crippen LogP contribution in [0.2, 0.25) is 5.02 Å². The number of rotatable bonds is 4. The van der Waals surface area contributed by atoms with Gasteiger partial charge in [0.15, 0.2) is 6.29 Å². The fourth-order valence-corrected chi connectivity index (χ4v) is 3.00. The smallest absolute Gasteiger partial charge is 0.153 e. The Labute approximate surface area is 124 Å². The number of ether oxygens (including phenoxy) is 1. The Morgan fingerprint density at radius 2 is 2.05 bits per heavy atom. The zero-order chi connectivity index (χ0) is 13.9. The van der Waals surface area contributed by atoms with E-state index in [4.69, 9.17) is 16.3 Å². The SMILES string of the molecule is O=Cc1cccc(Cl)c1OCc1nc2ccccc2s1. The number of aromatic nitrogens is 1. The molecule has 0 unspecified atom stereocenters. The molecule has 3 nitrogen and oxygen atoms in total. The number of nitrogens with zero attached hydrogens (tertiary/aromatic N) is 1. The summed E-state index contributed by atoms with van der Waals surface area (Å²) in [6, 6.07) is 13.0. The minimum atomic E-state index is 0.296. The van der Waals surface area contributed by atoms with Crippen LogP contribution in [0.5, 0.6) is 5.75 Å². The molecule has 0 fully saturated rings. The second kappa shape index (κ2) is 5.61. The van der Waals surface area contributed by atoms with Crippen molar-refractivity contribution in [1.82, 2.24) is 4.98 Å². The Balaban J connectivity index is 1.84. The second-order valence-electron chi connectivity index (χ2n) is 4.14. The average Bonchev–Trinajstić information content (AvgIpc) is 2.88. The molecule has 0 aliphatic heterocycles. The van der Waals surface area contributed by atoms with Crippen LogP contribution in [-0.2, 0) is 6.61 Å². The van der Waals surface area contributed by atoms with Crippen LogP contribution in [0.4, 0.5) is 0 Å². The fourth-order valence-electron chi connectivity index (χ4n) is 1.89. The molecule has 100 valence electrons. The molecule has 2 aromatic carbocycles. The normalized spacial score (nSPS) is 10.7. The van der Waals surface area contributed by atoms with Crippen LogP contribution in [0.25, 0.3) is 10.2 Å². The molecule has 0 amide bonds. The highest BCUT2D eigenvalue weighted by atomic mass is 35.5. The molecule has 0 saturated carbocycles. The van der Waals surface area contributed by atoms with Gasteiger partial charge in [-0.1, -0.05) is 29.8 Å². The fraction of sp³-hybridized carbons (Fsp3) is 0.0667. The first kappa shape index (κ1) is 13.1. The van der Waals surface area contributed by atoms with Gasteiger partial charge in [0, 0.05) is 0 Å². The van der Waals surface area contributed by atoms with Crippen LogP contribution < -0.4 is 4.74 Å². The van der Waals surface area contributed by atoms with E-state index in [0.29, 0.717) is 22.9 Å². The number of carbonyl (C=O) groups excluding carboxylic acids is 1. The van der Waals surface area contributed by atoms with Crippen molar-refractivity contribution < 1.29 is 9.53 Å². The number of fused-ring (bicyclic) bond motifs is 1. The Morgan fingerprint density at radius 3 is 2.85 bits per heavy atom. The maximum atomic E-state index is 11.0. The standard InChI is InChI=1S/C15H10ClNO2S/c16-11-5-3-4-10(8-18)15(11)19-9-14-17-12-6-1-2-7-13(12)20-14/h1-8H,9H2. The van der Waals surface area contributed by atoms with Gasteiger partial charge in [0.05, 0.1) is 20.8 Å². The lowest BCUT2D eigenvalue weighted by molar-refractivity contribution is 0.111. The van der Waals surface area contributed by atoms with Gasteiger partial charge in [0.25, 0.3) is 0 Å². The van der Waals surface area contributed by atoms with E-state index < -0.39 is 0 Å². The van der Waals surface area contributed by atoms with Gasteiger partial charge in [0.2, 0.25) is 0 Å². The molecule has 0 bridgehead atoms. The van der Waals surface area contributed by atoms with Crippen molar-refractivity contribution in [2.24, 2.45) is 0 Å². The van der Waals surface area contributed by atoms with Gasteiger partial charge in [0.1, 0.15) is 17.4 Å². The molecule has 0 saturated heterocycles. The number of para-hydroxylation sites is 2. The third kappa shape index (κ3) is 2.53. The van der Waals surface area contributed by atoms with E-state index in [1.165, 1.54) is 0 Å². The van der Waals surface area contributed by atoms with Crippen molar-refractivity contribution in [1.29, 1.82) is 0 Å². The van der Waals surface area contributed by atoms with Crippen LogP contribution in [0.1, 0.15) is 15.4 Å². The van der Waals surface area contributed by atoms with Crippen LogP contribution in [0.3, 0.4) is 0 Å². The van der Waals surface area contributed by atoms with E-state index in [1.807, 2.05) is 24.3 Å². The molecule has 5 heteroatoms. The number of halogens is 1. The topological polar surface area (TPSA) is 39.2 Å². The van der Waals surface area contributed by atoms with Crippen molar-refractivity contribution in [3.63, 3.8) is 0 Å². The van der Waals surface area contributed by atoms with E-state index in [1.54, 1.807) is 29.5 Å². The summed E-state index contributed by atoms with van der Waals surface area (Å²) in [5.41, 5.74) is 1.39. The summed E-state index contributed by atoms with van der Waals surface area (Å²) < 4.78 is 6.77. The van der Waals surface area contributed by atoms with Crippen molar-refractivity contribution in [3.8, 4) is 5.75 Å². The van der Waals surface area contributed by atoms with Crippen LogP contribution in [0, 0.1) is 0 Å². The quantitative estimate of drug-likeness (QED) is 0.673. The molecule has 20 heavy (non-hydrogen) atoms. The van der Waals surface area contributed by atoms with Gasteiger partial charge in [-0.25, -0.2) is 4.98 Å². The van der Waals surface area contributed by atoms with Gasteiger partial charge in [-0.05, 0) is 24.3 Å². The van der Waals surface area contributed by atoms with Crippen LogP contribution in [-0.4, -0.2) is 11.3 Å². The molecule has 0 atom stereocenters. The van der Waals surface area contributed by atoms with Crippen LogP contribution in [0.15, 0.2) is 42.5 Å². The van der Waals surface area contributed by atoms with E-state index >= 15 is 0 Å². The first-order valence-electron chi connectivity index (χ1n) is 5.99. The van der Waals surface area contributed by atoms with E-state index in [-0.39, 0.29) is 0 Å². The summed E-state index contributed by atoms with van der Waals surface area (Å²) >= 11 is 7.62. The molecule has 3 rings (SSSR count). The van der Waals surface area contributed by atoms with Gasteiger partial charge in [-0.15, -0.1) is 11.3 Å². The zero-order valence-electron chi connectivity index (χ0n) is 10.4. The van der Waals surface area contributed by atoms with Crippen molar-refractivity contribution in [3.05, 3.63) is 58.1 Å². The predicted molar refractivity (Wildman–Crippen MR) is 80.8 cm³/mol. The number of carbonyl (C=O) groups is 1. The number of hydrogen-bond acceptors (Lipinski definition) is 4. The van der Waals surface area contributed by atoms with Gasteiger partial charge < -0.3 is 4.74 Å². The molecule has 0 spiro atoms. The van der Waals surface area contributed by atoms with E-state index in [0.717, 1.165) is 21.5 Å². The molecule has 0 radical (unpaired) electrons. The molecule has 3 aromatic rings. The zero-order valence-corrected chi connectivity index (χ0v) is 11.9. The summed E-state index contributed by atoms with van der Waals surface area (Å²) in [5.74, 6) is 0.406. The van der Waals surface area contributed by atoms with Gasteiger partial charge in [-0.2, -0.15) is 0 Å². The lowest BCUT2D eigenvalue weighted by atomic mass is 10.2. The first-order valence-corrected chi connectivity index (χ1v) is 7.18. The summed E-state index contributed by atoms with van der Waals surface area (Å²) in [7, 11) is 0. The van der Waals surface area contributed by atoms with Crippen molar-refractivity contribution in [2.75, 3.05) is 0 Å². The third-order valence-corrected chi connectivity index (χ3v) is 4.11. The Morgan fingerprint density at radius 1 is 1.20 bits per heavy atom. The lowest BCUT2D eigenvalue weighted by Gasteiger charge is -2.08. The molecule has 0 aliphatic rings. The number of benzene rings is 2. The maximum absolute atomic E-state index is 11.0. The van der Waals surface area contributed by atoms with Crippen molar-refractivity contribution in [2.45, 2.75) is 6.61 Å². The van der Waals surface area contributed by atoms with Gasteiger partial charge >= 0.3 is 0 Å². The minimum Gasteiger partial charge on any atom is -0.484 e. The van der Waals surface area contributed by atoms with Crippen molar-refractivity contribution >= 4 is 39.4 Å². The highest BCUT2D eigenvalue weighted by Crippen LogP contribution is 2.29. The van der Waals surface area contributed by atoms with E-state index in [2.05, 4.69) is 4.98 Å². The van der Waals surface area contributed by atoms with E-state index in [9.17, 15) is 4.79 Å². The predicted octanol–water partition coefficient (Wildman–Crippen LogP) is 4.34. The third-order valence-electron chi connectivity index (χ3n) is 2.80. The average molecular weight is 304 g/mol. The molecule has 0 N–H and O–H groups in total. The monoisotopic (exact) mass is 303 g/mol. The first-order chi connectivity index (χ1) is 9.78. The Bertz CT molecular complexity index is 736. The van der Waals surface area contributed by atoms with Gasteiger partial charge in [-0.3, -0.25) is 4.79 Å². The largest absolute Gasteiger partial charge is 0.484 e. The summed E-state index contributed by atoms with van der Waals surface area (Å²) in [6.45, 7) is 0.296. The summed E-state index contributed by atoms with van der Waals surface area (Å²) in [6.07, 6.45) is 0.736. The highest BCUT2D eigenvalue weighted by molar-refractivity contribution is 7.18. The lowest BCUT2D eigenvalue weighted by Crippen LogP contribution is -1.98. The summed E-state index contributed by atoms with van der Waals surface area (Å²) in [4.78, 5) is 15.5. The van der Waals surface area contributed by atoms with Crippen LogP contribution >= 0.6 is 22.9 Å². The molecule has 0 aliphatic carbocycles. The number of thiazole rings is 1. The molecule has 1 heterocycles. The highest BCUT2D eigenvalue weighted by Gasteiger charge is 2.10. The molecular weight excluding hydrogens is 294 g/mol. The number of hydrogen-bond donors (Lipinski definition) is 0.